The molecule has 0 N–H and O–H groups in total. The van der Waals surface area contributed by atoms with Crippen LogP contribution in [0.4, 0.5) is 0 Å². The van der Waals surface area contributed by atoms with Crippen molar-refractivity contribution in [3.63, 3.8) is 0 Å². The Kier molecular flexibility index (Phi) is 4.04. The smallest absolute Gasteiger partial charge is 0.398 e. The van der Waals surface area contributed by atoms with Gasteiger partial charge in [0.05, 0.1) is 16.8 Å². The summed E-state index contributed by atoms with van der Waals surface area (Å²) in [5.41, 5.74) is 0.854. The third-order valence-electron chi connectivity index (χ3n) is 5.84. The number of hydrogen-bond acceptors (Lipinski definition) is 3. The van der Waals surface area contributed by atoms with Crippen LogP contribution >= 0.6 is 0 Å². The largest absolute Gasteiger partial charge is 0.513 e. The van der Waals surface area contributed by atoms with Gasteiger partial charge in [-0.05, 0) is 58.1 Å². The minimum absolute atomic E-state index is 0.0813. The molecule has 2 heterocycles. The monoisotopic (exact) mass is 331 g/mol. The van der Waals surface area contributed by atoms with Gasteiger partial charge in [0.25, 0.3) is 0 Å². The molecule has 1 aromatic heterocycles. The van der Waals surface area contributed by atoms with Crippen LogP contribution in [0.3, 0.4) is 0 Å². The summed E-state index contributed by atoms with van der Waals surface area (Å²) in [4.78, 5) is 13.0. The number of carbonyl (C=O) groups excluding carboxylic acids is 1. The molecule has 24 heavy (non-hydrogen) atoms. The van der Waals surface area contributed by atoms with Gasteiger partial charge >= 0.3 is 7.12 Å². The second kappa shape index (κ2) is 5.47. The molecule has 0 bridgehead atoms. The molecular formula is C19H30BNO3. The van der Waals surface area contributed by atoms with Crippen molar-refractivity contribution in [3.05, 3.63) is 17.8 Å². The summed E-state index contributed by atoms with van der Waals surface area (Å²) < 4.78 is 14.3. The summed E-state index contributed by atoms with van der Waals surface area (Å²) in [6, 6.07) is 2.09. The van der Waals surface area contributed by atoms with Crippen LogP contribution in [0.15, 0.2) is 12.3 Å². The van der Waals surface area contributed by atoms with Gasteiger partial charge in [0.2, 0.25) is 5.91 Å². The van der Waals surface area contributed by atoms with Crippen LogP contribution in [0, 0.1) is 5.41 Å². The van der Waals surface area contributed by atoms with Crippen LogP contribution in [0.2, 0.25) is 0 Å². The molecule has 0 spiro atoms. The highest BCUT2D eigenvalue weighted by atomic mass is 16.7. The van der Waals surface area contributed by atoms with Gasteiger partial charge in [-0.15, -0.1) is 0 Å². The second-order valence-electron chi connectivity index (χ2n) is 9.30. The van der Waals surface area contributed by atoms with Gasteiger partial charge < -0.3 is 9.31 Å². The molecule has 0 aromatic carbocycles. The molecule has 3 rings (SSSR count). The number of rotatable bonds is 2. The van der Waals surface area contributed by atoms with Gasteiger partial charge in [-0.2, -0.15) is 0 Å². The van der Waals surface area contributed by atoms with Gasteiger partial charge in [-0.3, -0.25) is 9.36 Å². The van der Waals surface area contributed by atoms with Crippen LogP contribution in [0.5, 0.6) is 0 Å². The molecule has 4 nitrogen and oxygen atoms in total. The van der Waals surface area contributed by atoms with Crippen molar-refractivity contribution < 1.29 is 14.1 Å². The average molecular weight is 331 g/mol. The van der Waals surface area contributed by atoms with Crippen molar-refractivity contribution in [1.82, 2.24) is 4.57 Å². The lowest BCUT2D eigenvalue weighted by molar-refractivity contribution is 0.00578. The third kappa shape index (κ3) is 2.76. The number of carbonyl (C=O) groups is 1. The Balaban J connectivity index is 2.05. The Hall–Kier alpha value is -1.07. The lowest BCUT2D eigenvalue weighted by Gasteiger charge is -2.32. The summed E-state index contributed by atoms with van der Waals surface area (Å²) in [5, 5.41) is 0. The van der Waals surface area contributed by atoms with E-state index >= 15 is 0 Å². The van der Waals surface area contributed by atoms with Crippen molar-refractivity contribution in [2.45, 2.75) is 84.8 Å². The summed E-state index contributed by atoms with van der Waals surface area (Å²) in [6.45, 7) is 14.1. The van der Waals surface area contributed by atoms with Crippen molar-refractivity contribution in [2.24, 2.45) is 5.41 Å². The fraction of sp³-hybridized carbons (Fsp3) is 0.737. The number of hydrogen-bond donors (Lipinski definition) is 0. The van der Waals surface area contributed by atoms with Gasteiger partial charge in [0, 0.05) is 11.6 Å². The maximum Gasteiger partial charge on any atom is 0.513 e. The summed E-state index contributed by atoms with van der Waals surface area (Å²) >= 11 is 0. The average Bonchev–Trinajstić information content (AvgIpc) is 2.85. The Morgan fingerprint density at radius 1 is 1.17 bits per heavy atom. The van der Waals surface area contributed by atoms with E-state index in [0.717, 1.165) is 5.59 Å². The summed E-state index contributed by atoms with van der Waals surface area (Å²) in [5.74, 6) is 0.603. The normalized spacial score (nSPS) is 23.4. The van der Waals surface area contributed by atoms with Crippen LogP contribution in [-0.4, -0.2) is 28.8 Å². The molecular weight excluding hydrogens is 301 g/mol. The standard InChI is InChI=1S/C19H30BNO3/c1-17(2,3)16(22)21-12-11-14(13-9-8-10-13)15(21)20-23-18(4,5)19(6,7)24-20/h11-13H,8-10H2,1-7H3. The van der Waals surface area contributed by atoms with Crippen LogP contribution in [0.25, 0.3) is 0 Å². The Morgan fingerprint density at radius 3 is 2.12 bits per heavy atom. The third-order valence-corrected chi connectivity index (χ3v) is 5.84. The van der Waals surface area contributed by atoms with Crippen molar-refractivity contribution in [2.75, 3.05) is 0 Å². The molecule has 132 valence electrons. The van der Waals surface area contributed by atoms with E-state index in [2.05, 4.69) is 33.8 Å². The highest BCUT2D eigenvalue weighted by Gasteiger charge is 2.54. The molecule has 0 amide bonds. The van der Waals surface area contributed by atoms with E-state index in [9.17, 15) is 4.79 Å². The molecule has 2 fully saturated rings. The molecule has 2 aliphatic rings. The summed E-state index contributed by atoms with van der Waals surface area (Å²) in [6.07, 6.45) is 5.52. The fourth-order valence-electron chi connectivity index (χ4n) is 3.27. The van der Waals surface area contributed by atoms with E-state index < -0.39 is 23.7 Å². The van der Waals surface area contributed by atoms with Crippen molar-refractivity contribution in [1.29, 1.82) is 0 Å². The fourth-order valence-corrected chi connectivity index (χ4v) is 3.27. The topological polar surface area (TPSA) is 40.5 Å². The predicted molar refractivity (Wildman–Crippen MR) is 96.8 cm³/mol. The number of aromatic nitrogens is 1. The SMILES string of the molecule is CC(C)(C)C(=O)n1ccc(C2CCC2)c1B1OC(C)(C)C(C)(C)O1. The van der Waals surface area contributed by atoms with Gasteiger partial charge in [-0.25, -0.2) is 0 Å². The van der Waals surface area contributed by atoms with Crippen molar-refractivity contribution >= 4 is 18.6 Å². The lowest BCUT2D eigenvalue weighted by Crippen LogP contribution is -2.46. The lowest BCUT2D eigenvalue weighted by atomic mass is 9.72. The quantitative estimate of drug-likeness (QED) is 0.775. The van der Waals surface area contributed by atoms with E-state index in [1.54, 1.807) is 4.57 Å². The highest BCUT2D eigenvalue weighted by Crippen LogP contribution is 2.40. The molecule has 0 unspecified atom stereocenters. The van der Waals surface area contributed by atoms with E-state index in [0.29, 0.717) is 5.92 Å². The molecule has 1 saturated heterocycles. The number of nitrogens with zero attached hydrogens (tertiary/aromatic N) is 1. The van der Waals surface area contributed by atoms with E-state index in [1.807, 2.05) is 27.0 Å². The van der Waals surface area contributed by atoms with Crippen LogP contribution in [0.1, 0.15) is 84.0 Å². The molecule has 1 aliphatic carbocycles. The van der Waals surface area contributed by atoms with Crippen molar-refractivity contribution in [3.8, 4) is 0 Å². The first kappa shape index (κ1) is 17.7. The highest BCUT2D eigenvalue weighted by molar-refractivity contribution is 6.62. The van der Waals surface area contributed by atoms with E-state index in [1.165, 1.54) is 24.8 Å². The van der Waals surface area contributed by atoms with E-state index in [4.69, 9.17) is 9.31 Å². The van der Waals surface area contributed by atoms with Gasteiger partial charge in [0.15, 0.2) is 0 Å². The zero-order chi connectivity index (χ0) is 17.9. The second-order valence-corrected chi connectivity index (χ2v) is 9.30. The molecule has 0 atom stereocenters. The molecule has 1 saturated carbocycles. The van der Waals surface area contributed by atoms with Crippen LogP contribution < -0.4 is 5.59 Å². The maximum atomic E-state index is 13.0. The molecule has 0 radical (unpaired) electrons. The zero-order valence-corrected chi connectivity index (χ0v) is 16.1. The maximum absolute atomic E-state index is 13.0. The molecule has 5 heteroatoms. The minimum Gasteiger partial charge on any atom is -0.398 e. The Labute approximate surface area is 146 Å². The first-order valence-electron chi connectivity index (χ1n) is 9.06. The van der Waals surface area contributed by atoms with Gasteiger partial charge in [-0.1, -0.05) is 27.2 Å². The molecule has 1 aliphatic heterocycles. The Morgan fingerprint density at radius 2 is 1.71 bits per heavy atom. The zero-order valence-electron chi connectivity index (χ0n) is 16.1. The minimum atomic E-state index is -0.494. The first-order chi connectivity index (χ1) is 10.9. The predicted octanol–water partition coefficient (Wildman–Crippen LogP) is 3.74. The van der Waals surface area contributed by atoms with Gasteiger partial charge in [0.1, 0.15) is 0 Å². The summed E-state index contributed by atoms with van der Waals surface area (Å²) in [7, 11) is -0.494. The first-order valence-corrected chi connectivity index (χ1v) is 9.06. The molecule has 1 aromatic rings. The van der Waals surface area contributed by atoms with E-state index in [-0.39, 0.29) is 5.91 Å². The Bertz CT molecular complexity index is 634. The van der Waals surface area contributed by atoms with Crippen LogP contribution in [-0.2, 0) is 9.31 Å².